The molecule has 0 aromatic heterocycles. The van der Waals surface area contributed by atoms with E-state index in [2.05, 4.69) is 10.0 Å². The number of sulfonamides is 1. The summed E-state index contributed by atoms with van der Waals surface area (Å²) in [7, 11) is -0.0325. The van der Waals surface area contributed by atoms with Crippen LogP contribution in [-0.4, -0.2) is 39.9 Å². The van der Waals surface area contributed by atoms with Crippen molar-refractivity contribution < 1.29 is 13.2 Å². The van der Waals surface area contributed by atoms with Crippen LogP contribution in [0.5, 0.6) is 0 Å². The summed E-state index contributed by atoms with van der Waals surface area (Å²) < 4.78 is 28.5. The molecule has 0 radical (unpaired) electrons. The van der Waals surface area contributed by atoms with Crippen LogP contribution in [0.4, 0.5) is 5.69 Å². The Morgan fingerprint density at radius 1 is 0.970 bits per heavy atom. The molecule has 8 heteroatoms. The number of benzene rings is 3. The molecule has 33 heavy (non-hydrogen) atoms. The van der Waals surface area contributed by atoms with Crippen LogP contribution in [-0.2, 0) is 10.0 Å². The highest BCUT2D eigenvalue weighted by atomic mass is 35.5. The van der Waals surface area contributed by atoms with Crippen LogP contribution < -0.4 is 10.0 Å². The summed E-state index contributed by atoms with van der Waals surface area (Å²) in [5.41, 5.74) is 3.19. The van der Waals surface area contributed by atoms with Crippen LogP contribution >= 0.6 is 11.6 Å². The molecule has 1 unspecified atom stereocenters. The predicted octanol–water partition coefficient (Wildman–Crippen LogP) is 4.79. The van der Waals surface area contributed by atoms with Gasteiger partial charge in [0.25, 0.3) is 15.9 Å². The molecular weight excluding hydrogens is 458 g/mol. The van der Waals surface area contributed by atoms with Gasteiger partial charge >= 0.3 is 0 Å². The van der Waals surface area contributed by atoms with Gasteiger partial charge in [0, 0.05) is 17.1 Å². The molecule has 1 atom stereocenters. The van der Waals surface area contributed by atoms with Gasteiger partial charge in [0.15, 0.2) is 0 Å². The van der Waals surface area contributed by atoms with Gasteiger partial charge in [-0.1, -0.05) is 54.1 Å². The Labute approximate surface area is 200 Å². The SMILES string of the molecule is Cc1ccccc1NS(=O)(=O)c1ccc(C)c(C(=O)NCC(c2ccccc2Cl)N(C)C)c1. The Balaban J connectivity index is 1.82. The van der Waals surface area contributed by atoms with Crippen molar-refractivity contribution >= 4 is 33.2 Å². The largest absolute Gasteiger partial charge is 0.350 e. The smallest absolute Gasteiger partial charge is 0.261 e. The number of amides is 1. The number of nitrogens with one attached hydrogen (secondary N) is 2. The zero-order valence-electron chi connectivity index (χ0n) is 19.1. The maximum absolute atomic E-state index is 13.0. The van der Waals surface area contributed by atoms with Crippen molar-refractivity contribution in [2.45, 2.75) is 24.8 Å². The lowest BCUT2D eigenvalue weighted by molar-refractivity contribution is 0.0941. The lowest BCUT2D eigenvalue weighted by Gasteiger charge is -2.26. The highest BCUT2D eigenvalue weighted by Crippen LogP contribution is 2.26. The van der Waals surface area contributed by atoms with Gasteiger partial charge < -0.3 is 10.2 Å². The number of hydrogen-bond acceptors (Lipinski definition) is 4. The van der Waals surface area contributed by atoms with Gasteiger partial charge in [-0.05, 0) is 68.9 Å². The maximum atomic E-state index is 13.0. The fourth-order valence-corrected chi connectivity index (χ4v) is 4.92. The van der Waals surface area contributed by atoms with Crippen LogP contribution in [0.2, 0.25) is 5.02 Å². The number of likely N-dealkylation sites (N-methyl/N-ethyl adjacent to an activating group) is 1. The van der Waals surface area contributed by atoms with E-state index in [0.29, 0.717) is 28.4 Å². The second-order valence-corrected chi connectivity index (χ2v) is 10.2. The van der Waals surface area contributed by atoms with E-state index >= 15 is 0 Å². The first-order valence-corrected chi connectivity index (χ1v) is 12.3. The van der Waals surface area contributed by atoms with Crippen molar-refractivity contribution in [2.24, 2.45) is 0 Å². The molecule has 0 fully saturated rings. The van der Waals surface area contributed by atoms with E-state index in [1.54, 1.807) is 25.1 Å². The standard InChI is InChI=1S/C25H28ClN3O3S/c1-17-13-14-19(33(31,32)28-23-12-8-5-9-18(23)2)15-21(17)25(30)27-16-24(29(3)4)20-10-6-7-11-22(20)26/h5-15,24,28H,16H2,1-4H3,(H,27,30). The summed E-state index contributed by atoms with van der Waals surface area (Å²) >= 11 is 6.36. The predicted molar refractivity (Wildman–Crippen MR) is 133 cm³/mol. The molecule has 174 valence electrons. The molecule has 0 saturated heterocycles. The number of hydrogen-bond donors (Lipinski definition) is 2. The number of anilines is 1. The molecule has 2 N–H and O–H groups in total. The quantitative estimate of drug-likeness (QED) is 0.480. The number of nitrogens with zero attached hydrogens (tertiary/aromatic N) is 1. The second-order valence-electron chi connectivity index (χ2n) is 8.11. The second kappa shape index (κ2) is 10.4. The van der Waals surface area contributed by atoms with E-state index in [0.717, 1.165) is 11.1 Å². The van der Waals surface area contributed by atoms with Gasteiger partial charge in [-0.15, -0.1) is 0 Å². The highest BCUT2D eigenvalue weighted by molar-refractivity contribution is 7.92. The maximum Gasteiger partial charge on any atom is 0.261 e. The molecule has 0 bridgehead atoms. The number of para-hydroxylation sites is 1. The monoisotopic (exact) mass is 485 g/mol. The number of halogens is 1. The normalized spacial score (nSPS) is 12.4. The molecule has 3 rings (SSSR count). The van der Waals surface area contributed by atoms with Crippen molar-refractivity contribution in [1.29, 1.82) is 0 Å². The minimum Gasteiger partial charge on any atom is -0.350 e. The number of aryl methyl sites for hydroxylation is 2. The molecule has 6 nitrogen and oxygen atoms in total. The van der Waals surface area contributed by atoms with E-state index in [1.165, 1.54) is 12.1 Å². The number of carbonyl (C=O) groups is 1. The molecule has 0 aliphatic heterocycles. The van der Waals surface area contributed by atoms with Crippen LogP contribution in [0, 0.1) is 13.8 Å². The Bertz CT molecular complexity index is 1260. The summed E-state index contributed by atoms with van der Waals surface area (Å²) in [6.07, 6.45) is 0. The van der Waals surface area contributed by atoms with E-state index in [1.807, 2.05) is 62.3 Å². The Morgan fingerprint density at radius 2 is 1.64 bits per heavy atom. The molecule has 0 heterocycles. The molecule has 0 aliphatic carbocycles. The Morgan fingerprint density at radius 3 is 2.30 bits per heavy atom. The molecule has 3 aromatic carbocycles. The third-order valence-corrected chi connectivity index (χ3v) is 7.20. The van der Waals surface area contributed by atoms with Crippen LogP contribution in [0.3, 0.4) is 0 Å². The fraction of sp³-hybridized carbons (Fsp3) is 0.240. The number of carbonyl (C=O) groups excluding carboxylic acids is 1. The number of rotatable bonds is 8. The van der Waals surface area contributed by atoms with Gasteiger partial charge in [-0.2, -0.15) is 0 Å². The fourth-order valence-electron chi connectivity index (χ4n) is 3.50. The van der Waals surface area contributed by atoms with Crippen molar-refractivity contribution in [3.63, 3.8) is 0 Å². The minimum atomic E-state index is -3.86. The summed E-state index contributed by atoms with van der Waals surface area (Å²) in [6, 6.07) is 19.0. The van der Waals surface area contributed by atoms with Gasteiger partial charge in [0.1, 0.15) is 0 Å². The first kappa shape index (κ1) is 24.8. The van der Waals surface area contributed by atoms with E-state index in [4.69, 9.17) is 11.6 Å². The van der Waals surface area contributed by atoms with Gasteiger partial charge in [-0.25, -0.2) is 8.42 Å². The molecular formula is C25H28ClN3O3S. The molecule has 0 saturated carbocycles. The molecule has 0 aliphatic rings. The van der Waals surface area contributed by atoms with Crippen molar-refractivity contribution in [3.05, 3.63) is 94.0 Å². The van der Waals surface area contributed by atoms with E-state index in [-0.39, 0.29) is 16.8 Å². The lowest BCUT2D eigenvalue weighted by atomic mass is 10.0. The first-order valence-electron chi connectivity index (χ1n) is 10.5. The first-order chi connectivity index (χ1) is 15.6. The zero-order chi connectivity index (χ0) is 24.2. The summed E-state index contributed by atoms with van der Waals surface area (Å²) in [5.74, 6) is -0.348. The van der Waals surface area contributed by atoms with Crippen LogP contribution in [0.25, 0.3) is 0 Å². The lowest BCUT2D eigenvalue weighted by Crippen LogP contribution is -2.35. The molecule has 0 spiro atoms. The Kier molecular flexibility index (Phi) is 7.79. The summed E-state index contributed by atoms with van der Waals surface area (Å²) in [6.45, 7) is 3.91. The van der Waals surface area contributed by atoms with Gasteiger partial charge in [0.05, 0.1) is 16.6 Å². The average molecular weight is 486 g/mol. The van der Waals surface area contributed by atoms with Crippen molar-refractivity contribution in [1.82, 2.24) is 10.2 Å². The van der Waals surface area contributed by atoms with Gasteiger partial charge in [-0.3, -0.25) is 9.52 Å². The Hall–Kier alpha value is -2.87. The average Bonchev–Trinajstić information content (AvgIpc) is 2.76. The summed E-state index contributed by atoms with van der Waals surface area (Å²) in [5, 5.41) is 3.55. The van der Waals surface area contributed by atoms with Crippen molar-refractivity contribution in [2.75, 3.05) is 25.4 Å². The minimum absolute atomic E-state index is 0.0248. The molecule has 3 aromatic rings. The summed E-state index contributed by atoms with van der Waals surface area (Å²) in [4.78, 5) is 15.0. The highest BCUT2D eigenvalue weighted by Gasteiger charge is 2.21. The van der Waals surface area contributed by atoms with Gasteiger partial charge in [0.2, 0.25) is 0 Å². The third-order valence-electron chi connectivity index (χ3n) is 5.50. The van der Waals surface area contributed by atoms with E-state index in [9.17, 15) is 13.2 Å². The molecule has 1 amide bonds. The topological polar surface area (TPSA) is 78.5 Å². The van der Waals surface area contributed by atoms with E-state index < -0.39 is 10.0 Å². The third kappa shape index (κ3) is 5.93. The van der Waals surface area contributed by atoms with Crippen LogP contribution in [0.15, 0.2) is 71.6 Å². The zero-order valence-corrected chi connectivity index (χ0v) is 20.7. The van der Waals surface area contributed by atoms with Crippen LogP contribution in [0.1, 0.15) is 33.1 Å². The van der Waals surface area contributed by atoms with Crippen molar-refractivity contribution in [3.8, 4) is 0 Å².